The number of hydrogen-bond donors (Lipinski definition) is 5. The third-order valence-corrected chi connectivity index (χ3v) is 7.51. The number of nitrogens with one attached hydrogen (secondary N) is 3. The summed E-state index contributed by atoms with van der Waals surface area (Å²) < 4.78 is 0. The first-order chi connectivity index (χ1) is 13.6. The van der Waals surface area contributed by atoms with Gasteiger partial charge in [-0.3, -0.25) is 5.41 Å². The van der Waals surface area contributed by atoms with Crippen LogP contribution in [0.5, 0.6) is 0 Å². The first kappa shape index (κ1) is 16.0. The third kappa shape index (κ3) is 2.04. The summed E-state index contributed by atoms with van der Waals surface area (Å²) in [4.78, 5) is 3.38. The van der Waals surface area contributed by atoms with Crippen LogP contribution in [0.4, 0.5) is 11.4 Å². The summed E-state index contributed by atoms with van der Waals surface area (Å²) in [5.41, 5.74) is 18.3. The van der Waals surface area contributed by atoms with E-state index in [1.807, 2.05) is 12.1 Å². The highest BCUT2D eigenvalue weighted by Crippen LogP contribution is 2.64. The predicted octanol–water partition coefficient (Wildman–Crippen LogP) is 4.33. The smallest absolute Gasteiger partial charge is 0.124 e. The zero-order chi connectivity index (χ0) is 19.0. The second-order valence-corrected chi connectivity index (χ2v) is 8.78. The first-order valence-electron chi connectivity index (χ1n) is 10.2. The zero-order valence-electron chi connectivity index (χ0n) is 15.7. The van der Waals surface area contributed by atoms with Gasteiger partial charge in [0.25, 0.3) is 0 Å². The maximum absolute atomic E-state index is 7.88. The molecule has 2 aliphatic carbocycles. The van der Waals surface area contributed by atoms with Crippen LogP contribution in [-0.4, -0.2) is 10.8 Å². The van der Waals surface area contributed by atoms with Crippen molar-refractivity contribution in [3.05, 3.63) is 59.3 Å². The number of benzene rings is 2. The van der Waals surface area contributed by atoms with Crippen LogP contribution in [0.25, 0.3) is 10.9 Å². The molecule has 3 aromatic rings. The SMILES string of the molecule is N=C(N)c1cc([C@@H]2Nc3ccc4[nH]ccc4c3[C@H]3C4CCC(C4)[C@@H]23)ccc1N. The first-order valence-corrected chi connectivity index (χ1v) is 10.2. The van der Waals surface area contributed by atoms with Gasteiger partial charge in [0.2, 0.25) is 0 Å². The van der Waals surface area contributed by atoms with Crippen LogP contribution in [0, 0.1) is 23.2 Å². The molecule has 5 nitrogen and oxygen atoms in total. The Balaban J connectivity index is 1.53. The Morgan fingerprint density at radius 3 is 2.79 bits per heavy atom. The fourth-order valence-corrected chi connectivity index (χ4v) is 6.46. The minimum Gasteiger partial charge on any atom is -0.398 e. The highest BCUT2D eigenvalue weighted by molar-refractivity contribution is 6.00. The topological polar surface area (TPSA) is 104 Å². The Bertz CT molecular complexity index is 1110. The quantitative estimate of drug-likeness (QED) is 0.263. The lowest BCUT2D eigenvalue weighted by Crippen LogP contribution is -2.35. The van der Waals surface area contributed by atoms with Gasteiger partial charge in [-0.2, -0.15) is 0 Å². The molecule has 6 rings (SSSR count). The lowest BCUT2D eigenvalue weighted by molar-refractivity contribution is 0.249. The molecule has 2 unspecified atom stereocenters. The Kier molecular flexibility index (Phi) is 3.17. The number of anilines is 2. The fourth-order valence-electron chi connectivity index (χ4n) is 6.46. The van der Waals surface area contributed by atoms with Crippen molar-refractivity contribution in [2.45, 2.75) is 31.2 Å². The van der Waals surface area contributed by atoms with Crippen molar-refractivity contribution in [2.75, 3.05) is 11.1 Å². The van der Waals surface area contributed by atoms with Gasteiger partial charge < -0.3 is 21.8 Å². The Hall–Kier alpha value is -2.95. The van der Waals surface area contributed by atoms with Gasteiger partial charge in [0, 0.05) is 34.0 Å². The van der Waals surface area contributed by atoms with Crippen LogP contribution in [0.2, 0.25) is 0 Å². The molecule has 0 radical (unpaired) electrons. The van der Waals surface area contributed by atoms with Crippen molar-refractivity contribution >= 4 is 28.1 Å². The summed E-state index contributed by atoms with van der Waals surface area (Å²) in [6.45, 7) is 0. The minimum absolute atomic E-state index is 0.0362. The minimum atomic E-state index is 0.0362. The molecule has 0 amide bonds. The number of nitrogens with two attached hydrogens (primary N) is 2. The van der Waals surface area contributed by atoms with E-state index >= 15 is 0 Å². The summed E-state index contributed by atoms with van der Waals surface area (Å²) in [5.74, 6) is 2.75. The van der Waals surface area contributed by atoms with Crippen molar-refractivity contribution in [3.8, 4) is 0 Å². The maximum Gasteiger partial charge on any atom is 0.124 e. The van der Waals surface area contributed by atoms with Gasteiger partial charge in [-0.25, -0.2) is 0 Å². The van der Waals surface area contributed by atoms with Crippen molar-refractivity contribution in [3.63, 3.8) is 0 Å². The van der Waals surface area contributed by atoms with Gasteiger partial charge in [0.1, 0.15) is 5.84 Å². The molecule has 28 heavy (non-hydrogen) atoms. The second-order valence-electron chi connectivity index (χ2n) is 8.78. The summed E-state index contributed by atoms with van der Waals surface area (Å²) >= 11 is 0. The van der Waals surface area contributed by atoms with E-state index in [9.17, 15) is 0 Å². The van der Waals surface area contributed by atoms with Crippen LogP contribution < -0.4 is 16.8 Å². The van der Waals surface area contributed by atoms with Gasteiger partial charge in [0.05, 0.1) is 6.04 Å². The summed E-state index contributed by atoms with van der Waals surface area (Å²) in [5, 5.41) is 13.1. The highest BCUT2D eigenvalue weighted by Gasteiger charge is 2.54. The van der Waals surface area contributed by atoms with E-state index in [0.717, 1.165) is 11.8 Å². The average Bonchev–Trinajstić information content (AvgIpc) is 3.43. The number of aromatic nitrogens is 1. The monoisotopic (exact) mass is 371 g/mol. The van der Waals surface area contributed by atoms with Crippen molar-refractivity contribution in [2.24, 2.45) is 23.5 Å². The van der Waals surface area contributed by atoms with Crippen LogP contribution in [-0.2, 0) is 0 Å². The average molecular weight is 371 g/mol. The number of hydrogen-bond acceptors (Lipinski definition) is 3. The third-order valence-electron chi connectivity index (χ3n) is 7.51. The molecule has 2 fully saturated rings. The van der Waals surface area contributed by atoms with Crippen LogP contribution in [0.15, 0.2) is 42.6 Å². The molecule has 5 atom stereocenters. The highest BCUT2D eigenvalue weighted by atomic mass is 15.0. The number of amidine groups is 1. The molecule has 142 valence electrons. The van der Waals surface area contributed by atoms with E-state index in [4.69, 9.17) is 16.9 Å². The molecular formula is C23H25N5. The van der Waals surface area contributed by atoms with Crippen molar-refractivity contribution in [1.82, 2.24) is 4.98 Å². The fraction of sp³-hybridized carbons (Fsp3) is 0.348. The molecule has 2 bridgehead atoms. The second kappa shape index (κ2) is 5.53. The van der Waals surface area contributed by atoms with Crippen LogP contribution in [0.3, 0.4) is 0 Å². The van der Waals surface area contributed by atoms with E-state index in [0.29, 0.717) is 23.1 Å². The van der Waals surface area contributed by atoms with E-state index in [-0.39, 0.29) is 11.9 Å². The summed E-state index contributed by atoms with van der Waals surface area (Å²) in [6, 6.07) is 12.9. The normalized spacial score (nSPS) is 30.1. The van der Waals surface area contributed by atoms with E-state index in [2.05, 4.69) is 40.8 Å². The van der Waals surface area contributed by atoms with Gasteiger partial charge in [-0.05, 0) is 84.4 Å². The van der Waals surface area contributed by atoms with Crippen LogP contribution in [0.1, 0.15) is 47.9 Å². The number of H-pyrrole nitrogens is 1. The van der Waals surface area contributed by atoms with Gasteiger partial charge in [0.15, 0.2) is 0 Å². The number of fused-ring (bicyclic) bond motifs is 9. The number of nitrogen functional groups attached to an aromatic ring is 2. The number of aromatic amines is 1. The van der Waals surface area contributed by atoms with E-state index < -0.39 is 0 Å². The summed E-state index contributed by atoms with van der Waals surface area (Å²) in [6.07, 6.45) is 6.07. The summed E-state index contributed by atoms with van der Waals surface area (Å²) in [7, 11) is 0. The lowest BCUT2D eigenvalue weighted by Gasteiger charge is -2.44. The molecular weight excluding hydrogens is 346 g/mol. The van der Waals surface area contributed by atoms with Gasteiger partial charge >= 0.3 is 0 Å². The Morgan fingerprint density at radius 2 is 1.93 bits per heavy atom. The van der Waals surface area contributed by atoms with Crippen molar-refractivity contribution in [1.29, 1.82) is 5.41 Å². The molecule has 0 saturated heterocycles. The molecule has 2 heterocycles. The molecule has 3 aliphatic rings. The molecule has 0 spiro atoms. The standard InChI is InChI=1S/C23H25N5/c24-16-4-3-13(10-15(16)23(25)26)22-20-12-2-1-11(9-12)19(20)21-14-7-8-27-17(14)5-6-18(21)28-22/h3-8,10-12,19-20,22,27-28H,1-2,9,24H2,(H3,25,26)/t11?,12?,19-,20+,22-/m0/s1. The Morgan fingerprint density at radius 1 is 1.07 bits per heavy atom. The zero-order valence-corrected chi connectivity index (χ0v) is 15.7. The molecule has 1 aliphatic heterocycles. The molecule has 2 aromatic carbocycles. The Labute approximate surface area is 164 Å². The molecule has 7 N–H and O–H groups in total. The lowest BCUT2D eigenvalue weighted by atomic mass is 9.67. The van der Waals surface area contributed by atoms with E-state index in [1.165, 1.54) is 47.0 Å². The van der Waals surface area contributed by atoms with Gasteiger partial charge in [-0.15, -0.1) is 0 Å². The van der Waals surface area contributed by atoms with Crippen LogP contribution >= 0.6 is 0 Å². The maximum atomic E-state index is 7.88. The largest absolute Gasteiger partial charge is 0.398 e. The molecule has 1 aromatic heterocycles. The van der Waals surface area contributed by atoms with Gasteiger partial charge in [-0.1, -0.05) is 6.07 Å². The van der Waals surface area contributed by atoms with E-state index in [1.54, 1.807) is 0 Å². The van der Waals surface area contributed by atoms with Crippen molar-refractivity contribution < 1.29 is 0 Å². The predicted molar refractivity (Wildman–Crippen MR) is 114 cm³/mol. The molecule has 5 heteroatoms. The number of rotatable bonds is 2. The molecule has 2 saturated carbocycles.